The zero-order chi connectivity index (χ0) is 23.3. The minimum Gasteiger partial charge on any atom is -0.477 e. The summed E-state index contributed by atoms with van der Waals surface area (Å²) in [4.78, 5) is 40.3. The number of rotatable bonds is 4. The van der Waals surface area contributed by atoms with E-state index in [0.717, 1.165) is 24.5 Å². The Morgan fingerprint density at radius 1 is 1.09 bits per heavy atom. The molecule has 0 bridgehead atoms. The predicted octanol–water partition coefficient (Wildman–Crippen LogP) is 3.58. The lowest BCUT2D eigenvalue weighted by atomic mass is 10.0. The van der Waals surface area contributed by atoms with Gasteiger partial charge in [-0.2, -0.15) is 0 Å². The second-order valence-corrected chi connectivity index (χ2v) is 8.72. The standard InChI is InChI=1S/C25H24FN3O4/c1-15(30)28-10-9-27(14-23(28)16-5-3-2-4-6-16)22-12-21-18(11-20(22)26)24(31)19(25(32)33)13-29(21)17-7-8-17/h2-6,11-13,17,23H,7-10,14H2,1H3,(H,32,33). The number of pyridine rings is 1. The monoisotopic (exact) mass is 449 g/mol. The quantitative estimate of drug-likeness (QED) is 0.658. The molecule has 5 rings (SSSR count). The van der Waals surface area contributed by atoms with Crippen LogP contribution >= 0.6 is 0 Å². The van der Waals surface area contributed by atoms with Crippen LogP contribution in [0.15, 0.2) is 53.5 Å². The lowest BCUT2D eigenvalue weighted by molar-refractivity contribution is -0.131. The Hall–Kier alpha value is -3.68. The molecule has 8 heteroatoms. The first kappa shape index (κ1) is 21.2. The highest BCUT2D eigenvalue weighted by Gasteiger charge is 2.32. The SMILES string of the molecule is CC(=O)N1CCN(c2cc3c(cc2F)c(=O)c(C(=O)O)cn3C2CC2)CC1c1ccccc1. The zero-order valence-electron chi connectivity index (χ0n) is 18.2. The van der Waals surface area contributed by atoms with Gasteiger partial charge < -0.3 is 19.5 Å². The van der Waals surface area contributed by atoms with Gasteiger partial charge in [0.05, 0.1) is 17.2 Å². The summed E-state index contributed by atoms with van der Waals surface area (Å²) in [5.74, 6) is -1.93. The van der Waals surface area contributed by atoms with E-state index in [1.54, 1.807) is 15.5 Å². The summed E-state index contributed by atoms with van der Waals surface area (Å²) in [5, 5.41) is 9.51. The highest BCUT2D eigenvalue weighted by Crippen LogP contribution is 2.39. The molecule has 0 spiro atoms. The van der Waals surface area contributed by atoms with Crippen molar-refractivity contribution in [2.45, 2.75) is 31.8 Å². The number of benzene rings is 2. The molecule has 1 unspecified atom stereocenters. The van der Waals surface area contributed by atoms with Gasteiger partial charge in [0.15, 0.2) is 0 Å². The topological polar surface area (TPSA) is 82.8 Å². The van der Waals surface area contributed by atoms with Gasteiger partial charge >= 0.3 is 5.97 Å². The molecular weight excluding hydrogens is 425 g/mol. The van der Waals surface area contributed by atoms with Crippen molar-refractivity contribution in [3.63, 3.8) is 0 Å². The Bertz CT molecular complexity index is 1320. The van der Waals surface area contributed by atoms with E-state index in [9.17, 15) is 19.5 Å². The van der Waals surface area contributed by atoms with Gasteiger partial charge in [-0.25, -0.2) is 9.18 Å². The molecule has 2 heterocycles. The van der Waals surface area contributed by atoms with E-state index in [-0.39, 0.29) is 28.9 Å². The van der Waals surface area contributed by atoms with Gasteiger partial charge in [0.1, 0.15) is 11.4 Å². The molecule has 33 heavy (non-hydrogen) atoms. The number of aromatic nitrogens is 1. The fourth-order valence-electron chi connectivity index (χ4n) is 4.75. The van der Waals surface area contributed by atoms with E-state index < -0.39 is 17.2 Å². The van der Waals surface area contributed by atoms with Crippen LogP contribution in [-0.4, -0.2) is 46.1 Å². The number of anilines is 1. The van der Waals surface area contributed by atoms with Crippen molar-refractivity contribution in [1.82, 2.24) is 9.47 Å². The number of carboxylic acids is 1. The Kier molecular flexibility index (Phi) is 5.15. The van der Waals surface area contributed by atoms with Crippen molar-refractivity contribution in [2.24, 2.45) is 0 Å². The average Bonchev–Trinajstić information content (AvgIpc) is 3.64. The highest BCUT2D eigenvalue weighted by atomic mass is 19.1. The number of hydrogen-bond acceptors (Lipinski definition) is 4. The maximum atomic E-state index is 15.3. The molecule has 1 aromatic heterocycles. The Morgan fingerprint density at radius 2 is 1.82 bits per heavy atom. The van der Waals surface area contributed by atoms with E-state index in [0.29, 0.717) is 30.8 Å². The molecule has 3 aromatic rings. The Morgan fingerprint density at radius 3 is 2.45 bits per heavy atom. The minimum absolute atomic E-state index is 0.0359. The summed E-state index contributed by atoms with van der Waals surface area (Å²) in [7, 11) is 0. The number of nitrogens with zero attached hydrogens (tertiary/aromatic N) is 3. The number of carboxylic acid groups (broad SMARTS) is 1. The van der Waals surface area contributed by atoms with Crippen LogP contribution < -0.4 is 10.3 Å². The van der Waals surface area contributed by atoms with Gasteiger partial charge in [0.2, 0.25) is 11.3 Å². The molecule has 1 N–H and O–H groups in total. The second-order valence-electron chi connectivity index (χ2n) is 8.72. The minimum atomic E-state index is -1.31. The van der Waals surface area contributed by atoms with Gasteiger partial charge in [-0.1, -0.05) is 30.3 Å². The summed E-state index contributed by atoms with van der Waals surface area (Å²) in [6, 6.07) is 12.3. The van der Waals surface area contributed by atoms with Crippen LogP contribution in [0.4, 0.5) is 10.1 Å². The van der Waals surface area contributed by atoms with E-state index >= 15 is 4.39 Å². The molecule has 1 aliphatic heterocycles. The summed E-state index contributed by atoms with van der Waals surface area (Å²) in [6.07, 6.45) is 3.15. The van der Waals surface area contributed by atoms with Crippen LogP contribution in [0, 0.1) is 5.82 Å². The van der Waals surface area contributed by atoms with Crippen LogP contribution in [-0.2, 0) is 4.79 Å². The van der Waals surface area contributed by atoms with Crippen molar-refractivity contribution in [3.05, 3.63) is 75.8 Å². The van der Waals surface area contributed by atoms with Crippen molar-refractivity contribution in [1.29, 1.82) is 0 Å². The normalized spacial score (nSPS) is 18.5. The van der Waals surface area contributed by atoms with Crippen molar-refractivity contribution in [2.75, 3.05) is 24.5 Å². The number of fused-ring (bicyclic) bond motifs is 1. The van der Waals surface area contributed by atoms with Gasteiger partial charge in [-0.05, 0) is 30.5 Å². The average molecular weight is 449 g/mol. The first-order valence-electron chi connectivity index (χ1n) is 11.0. The second kappa shape index (κ2) is 8.03. The lowest BCUT2D eigenvalue weighted by Gasteiger charge is -2.42. The summed E-state index contributed by atoms with van der Waals surface area (Å²) < 4.78 is 17.1. The first-order chi connectivity index (χ1) is 15.8. The number of carbonyl (C=O) groups is 2. The van der Waals surface area contributed by atoms with E-state index in [4.69, 9.17) is 0 Å². The number of hydrogen-bond donors (Lipinski definition) is 1. The number of halogens is 1. The largest absolute Gasteiger partial charge is 0.477 e. The molecule has 1 saturated carbocycles. The van der Waals surface area contributed by atoms with Gasteiger partial charge in [0.25, 0.3) is 0 Å². The Balaban J connectivity index is 1.60. The maximum Gasteiger partial charge on any atom is 0.341 e. The maximum absolute atomic E-state index is 15.3. The van der Waals surface area contributed by atoms with Crippen LogP contribution in [0.3, 0.4) is 0 Å². The van der Waals surface area contributed by atoms with Crippen molar-refractivity contribution in [3.8, 4) is 0 Å². The molecule has 1 amide bonds. The highest BCUT2D eigenvalue weighted by molar-refractivity contribution is 5.93. The third-order valence-electron chi connectivity index (χ3n) is 6.58. The number of piperazine rings is 1. The van der Waals surface area contributed by atoms with E-state index in [1.807, 2.05) is 35.2 Å². The van der Waals surface area contributed by atoms with Crippen molar-refractivity contribution >= 4 is 28.5 Å². The van der Waals surface area contributed by atoms with Crippen LogP contribution in [0.2, 0.25) is 0 Å². The Labute approximate surface area is 189 Å². The number of carbonyl (C=O) groups excluding carboxylic acids is 1. The summed E-state index contributed by atoms with van der Waals surface area (Å²) in [6.45, 7) is 2.84. The van der Waals surface area contributed by atoms with E-state index in [1.165, 1.54) is 13.1 Å². The lowest BCUT2D eigenvalue weighted by Crippen LogP contribution is -2.50. The molecule has 7 nitrogen and oxygen atoms in total. The van der Waals surface area contributed by atoms with Crippen LogP contribution in [0.25, 0.3) is 10.9 Å². The molecular formula is C25H24FN3O4. The third kappa shape index (κ3) is 3.75. The van der Waals surface area contributed by atoms with Gasteiger partial charge in [-0.15, -0.1) is 0 Å². The van der Waals surface area contributed by atoms with Gasteiger partial charge in [-0.3, -0.25) is 9.59 Å². The molecule has 2 aromatic carbocycles. The molecule has 1 aliphatic carbocycles. The number of amides is 1. The fraction of sp³-hybridized carbons (Fsp3) is 0.320. The molecule has 170 valence electrons. The van der Waals surface area contributed by atoms with Crippen LogP contribution in [0.5, 0.6) is 0 Å². The molecule has 0 radical (unpaired) electrons. The summed E-state index contributed by atoms with van der Waals surface area (Å²) >= 11 is 0. The van der Waals surface area contributed by atoms with E-state index in [2.05, 4.69) is 0 Å². The van der Waals surface area contributed by atoms with Crippen LogP contribution in [0.1, 0.15) is 47.8 Å². The van der Waals surface area contributed by atoms with Crippen molar-refractivity contribution < 1.29 is 19.1 Å². The molecule has 1 saturated heterocycles. The smallest absolute Gasteiger partial charge is 0.341 e. The number of aromatic carboxylic acids is 1. The molecule has 2 aliphatic rings. The molecule has 1 atom stereocenters. The first-order valence-corrected chi connectivity index (χ1v) is 11.0. The van der Waals surface area contributed by atoms with Gasteiger partial charge in [0, 0.05) is 44.2 Å². The predicted molar refractivity (Wildman–Crippen MR) is 122 cm³/mol. The zero-order valence-corrected chi connectivity index (χ0v) is 18.2. The molecule has 2 fully saturated rings. The summed E-state index contributed by atoms with van der Waals surface area (Å²) in [5.41, 5.74) is 0.835. The third-order valence-corrected chi connectivity index (χ3v) is 6.58. The fourth-order valence-corrected chi connectivity index (χ4v) is 4.75.